The number of hydrogen-bond donors (Lipinski definition) is 1. The predicted molar refractivity (Wildman–Crippen MR) is 90.1 cm³/mol. The zero-order chi connectivity index (χ0) is 14.7. The Morgan fingerprint density at radius 1 is 1.24 bits per heavy atom. The molecule has 0 radical (unpaired) electrons. The summed E-state index contributed by atoms with van der Waals surface area (Å²) in [5.41, 5.74) is 3.50. The number of aromatic nitrogens is 2. The normalized spacial score (nSPS) is 17.6. The number of hydrogen-bond acceptors (Lipinski definition) is 4. The quantitative estimate of drug-likeness (QED) is 0.680. The summed E-state index contributed by atoms with van der Waals surface area (Å²) in [6.45, 7) is 8.16. The van der Waals surface area contributed by atoms with E-state index in [1.165, 1.54) is 44.7 Å². The van der Waals surface area contributed by atoms with Crippen LogP contribution in [0.3, 0.4) is 0 Å². The highest BCUT2D eigenvalue weighted by Gasteiger charge is 2.13. The molecule has 1 aromatic heterocycles. The second kappa shape index (κ2) is 6.81. The number of thioether (sulfide) groups is 1. The zero-order valence-corrected chi connectivity index (χ0v) is 13.7. The highest BCUT2D eigenvalue weighted by atomic mass is 32.2. The number of piperazine rings is 1. The van der Waals surface area contributed by atoms with Gasteiger partial charge in [-0.05, 0) is 44.6 Å². The molecule has 0 atom stereocenters. The number of rotatable bonds is 5. The molecule has 4 nitrogen and oxygen atoms in total. The molecule has 1 aliphatic rings. The monoisotopic (exact) mass is 304 g/mol. The summed E-state index contributed by atoms with van der Waals surface area (Å²) in [6.07, 6.45) is 1.23. The molecule has 21 heavy (non-hydrogen) atoms. The van der Waals surface area contributed by atoms with Gasteiger partial charge in [0.1, 0.15) is 0 Å². The third-order valence-electron chi connectivity index (χ3n) is 4.07. The Kier molecular flexibility index (Phi) is 4.83. The lowest BCUT2D eigenvalue weighted by atomic mass is 10.2. The summed E-state index contributed by atoms with van der Waals surface area (Å²) >= 11 is 1.84. The molecule has 114 valence electrons. The number of nitrogens with zero attached hydrogens (tertiary/aromatic N) is 3. The Morgan fingerprint density at radius 3 is 2.86 bits per heavy atom. The number of H-pyrrole nitrogens is 1. The van der Waals surface area contributed by atoms with Crippen LogP contribution in [0.4, 0.5) is 0 Å². The lowest BCUT2D eigenvalue weighted by Gasteiger charge is -2.32. The van der Waals surface area contributed by atoms with Crippen molar-refractivity contribution in [3.8, 4) is 0 Å². The van der Waals surface area contributed by atoms with Crippen LogP contribution in [0.15, 0.2) is 23.4 Å². The van der Waals surface area contributed by atoms with Crippen molar-refractivity contribution in [1.82, 2.24) is 19.8 Å². The van der Waals surface area contributed by atoms with E-state index >= 15 is 0 Å². The first-order chi connectivity index (χ1) is 10.2. The average Bonchev–Trinajstić information content (AvgIpc) is 2.87. The highest BCUT2D eigenvalue weighted by Crippen LogP contribution is 2.21. The fourth-order valence-corrected chi connectivity index (χ4v) is 3.51. The molecule has 0 unspecified atom stereocenters. The molecule has 1 aliphatic heterocycles. The SMILES string of the molecule is Cc1ccc2nc(SCCCN3CCN(C)CC3)[nH]c2c1. The van der Waals surface area contributed by atoms with Crippen LogP contribution in [-0.4, -0.2) is 65.3 Å². The molecule has 0 spiro atoms. The molecular formula is C16H24N4S. The maximum atomic E-state index is 4.64. The van der Waals surface area contributed by atoms with E-state index < -0.39 is 0 Å². The van der Waals surface area contributed by atoms with Crippen molar-refractivity contribution in [2.75, 3.05) is 45.5 Å². The molecule has 0 saturated carbocycles. The second-order valence-electron chi connectivity index (χ2n) is 5.91. The third-order valence-corrected chi connectivity index (χ3v) is 5.03. The van der Waals surface area contributed by atoms with Crippen LogP contribution < -0.4 is 0 Å². The van der Waals surface area contributed by atoms with Crippen LogP contribution in [0.2, 0.25) is 0 Å². The number of likely N-dealkylation sites (N-methyl/N-ethyl adjacent to an activating group) is 1. The van der Waals surface area contributed by atoms with E-state index in [0.717, 1.165) is 21.9 Å². The van der Waals surface area contributed by atoms with Gasteiger partial charge in [-0.2, -0.15) is 0 Å². The smallest absolute Gasteiger partial charge is 0.166 e. The summed E-state index contributed by atoms with van der Waals surface area (Å²) in [5, 5.41) is 1.05. The predicted octanol–water partition coefficient (Wildman–Crippen LogP) is 2.60. The number of imidazole rings is 1. The number of nitrogens with one attached hydrogen (secondary N) is 1. The van der Waals surface area contributed by atoms with Crippen LogP contribution in [0.25, 0.3) is 11.0 Å². The van der Waals surface area contributed by atoms with Crippen molar-refractivity contribution in [2.24, 2.45) is 0 Å². The molecule has 1 fully saturated rings. The first kappa shape index (κ1) is 14.9. The van der Waals surface area contributed by atoms with E-state index in [1.807, 2.05) is 11.8 Å². The van der Waals surface area contributed by atoms with Crippen LogP contribution in [-0.2, 0) is 0 Å². The fourth-order valence-electron chi connectivity index (χ4n) is 2.70. The van der Waals surface area contributed by atoms with Gasteiger partial charge in [0, 0.05) is 31.9 Å². The van der Waals surface area contributed by atoms with Crippen LogP contribution >= 0.6 is 11.8 Å². The first-order valence-corrected chi connectivity index (χ1v) is 8.69. The fraction of sp³-hybridized carbons (Fsp3) is 0.562. The highest BCUT2D eigenvalue weighted by molar-refractivity contribution is 7.99. The van der Waals surface area contributed by atoms with Gasteiger partial charge in [0.2, 0.25) is 0 Å². The van der Waals surface area contributed by atoms with Crippen molar-refractivity contribution in [3.05, 3.63) is 23.8 Å². The maximum absolute atomic E-state index is 4.64. The molecule has 2 aromatic rings. The van der Waals surface area contributed by atoms with Crippen molar-refractivity contribution in [1.29, 1.82) is 0 Å². The lowest BCUT2D eigenvalue weighted by Crippen LogP contribution is -2.44. The summed E-state index contributed by atoms with van der Waals surface area (Å²) < 4.78 is 0. The summed E-state index contributed by atoms with van der Waals surface area (Å²) in [5.74, 6) is 1.13. The Labute approximate surface area is 130 Å². The Bertz CT molecular complexity index is 587. The van der Waals surface area contributed by atoms with Gasteiger partial charge in [0.15, 0.2) is 5.16 Å². The lowest BCUT2D eigenvalue weighted by molar-refractivity contribution is 0.154. The molecule has 1 saturated heterocycles. The average molecular weight is 304 g/mol. The van der Waals surface area contributed by atoms with Gasteiger partial charge in [0.05, 0.1) is 11.0 Å². The number of fused-ring (bicyclic) bond motifs is 1. The number of benzene rings is 1. The minimum absolute atomic E-state index is 1.05. The zero-order valence-electron chi connectivity index (χ0n) is 12.9. The number of aromatic amines is 1. The van der Waals surface area contributed by atoms with Gasteiger partial charge < -0.3 is 14.8 Å². The Morgan fingerprint density at radius 2 is 2.05 bits per heavy atom. The van der Waals surface area contributed by atoms with Gasteiger partial charge in [-0.1, -0.05) is 17.8 Å². The molecule has 2 heterocycles. The van der Waals surface area contributed by atoms with Crippen molar-refractivity contribution in [3.63, 3.8) is 0 Å². The minimum atomic E-state index is 1.05. The van der Waals surface area contributed by atoms with Crippen LogP contribution in [0, 0.1) is 6.92 Å². The van der Waals surface area contributed by atoms with Gasteiger partial charge in [-0.25, -0.2) is 4.98 Å². The number of aryl methyl sites for hydroxylation is 1. The molecule has 3 rings (SSSR count). The summed E-state index contributed by atoms with van der Waals surface area (Å²) in [7, 11) is 2.20. The van der Waals surface area contributed by atoms with Crippen molar-refractivity contribution >= 4 is 22.8 Å². The maximum Gasteiger partial charge on any atom is 0.166 e. The van der Waals surface area contributed by atoms with E-state index in [2.05, 4.69) is 51.9 Å². The van der Waals surface area contributed by atoms with E-state index in [0.29, 0.717) is 0 Å². The topological polar surface area (TPSA) is 35.2 Å². The van der Waals surface area contributed by atoms with Gasteiger partial charge in [-0.15, -0.1) is 0 Å². The molecule has 1 aromatic carbocycles. The Balaban J connectivity index is 1.44. The van der Waals surface area contributed by atoms with Crippen molar-refractivity contribution < 1.29 is 0 Å². The van der Waals surface area contributed by atoms with Crippen LogP contribution in [0.1, 0.15) is 12.0 Å². The molecule has 5 heteroatoms. The van der Waals surface area contributed by atoms with Gasteiger partial charge in [-0.3, -0.25) is 0 Å². The van der Waals surface area contributed by atoms with Crippen molar-refractivity contribution in [2.45, 2.75) is 18.5 Å². The third kappa shape index (κ3) is 3.99. The van der Waals surface area contributed by atoms with Crippen LogP contribution in [0.5, 0.6) is 0 Å². The molecular weight excluding hydrogens is 280 g/mol. The van der Waals surface area contributed by atoms with E-state index in [4.69, 9.17) is 0 Å². The minimum Gasteiger partial charge on any atom is -0.333 e. The van der Waals surface area contributed by atoms with Gasteiger partial charge in [0.25, 0.3) is 0 Å². The van der Waals surface area contributed by atoms with E-state index in [-0.39, 0.29) is 0 Å². The molecule has 1 N–H and O–H groups in total. The molecule has 0 aliphatic carbocycles. The Hall–Kier alpha value is -1.04. The summed E-state index contributed by atoms with van der Waals surface area (Å²) in [4.78, 5) is 13.0. The first-order valence-electron chi connectivity index (χ1n) is 7.71. The molecule has 0 amide bonds. The summed E-state index contributed by atoms with van der Waals surface area (Å²) in [6, 6.07) is 6.37. The van der Waals surface area contributed by atoms with E-state index in [1.54, 1.807) is 0 Å². The molecule has 0 bridgehead atoms. The standard InChI is InChI=1S/C16H24N4S/c1-13-4-5-14-15(12-13)18-16(17-14)21-11-3-6-20-9-7-19(2)8-10-20/h4-5,12H,3,6-11H2,1-2H3,(H,17,18). The second-order valence-corrected chi connectivity index (χ2v) is 6.99. The van der Waals surface area contributed by atoms with E-state index in [9.17, 15) is 0 Å². The van der Waals surface area contributed by atoms with Gasteiger partial charge >= 0.3 is 0 Å². The largest absolute Gasteiger partial charge is 0.333 e.